The van der Waals surface area contributed by atoms with Crippen molar-refractivity contribution in [2.75, 3.05) is 18.0 Å². The summed E-state index contributed by atoms with van der Waals surface area (Å²) in [6, 6.07) is 18.5. The smallest absolute Gasteiger partial charge is 0.264 e. The summed E-state index contributed by atoms with van der Waals surface area (Å²) >= 11 is 12.6. The average molecular weight is 647 g/mol. The zero-order chi connectivity index (χ0) is 31.0. The first kappa shape index (κ1) is 32.6. The SMILES string of the molecule is CC[C@H](C(=O)NC1CCCCC1)N(Cc1ccc(Cl)cc1Cl)C(=O)CN(c1cccc(OC)c1)S(=O)(=O)c1ccccc1. The van der Waals surface area contributed by atoms with E-state index in [4.69, 9.17) is 27.9 Å². The Morgan fingerprint density at radius 3 is 2.35 bits per heavy atom. The number of hydrogen-bond donors (Lipinski definition) is 1. The van der Waals surface area contributed by atoms with E-state index >= 15 is 0 Å². The summed E-state index contributed by atoms with van der Waals surface area (Å²) in [5.41, 5.74) is 0.836. The highest BCUT2D eigenvalue weighted by Crippen LogP contribution is 2.29. The van der Waals surface area contributed by atoms with Crippen molar-refractivity contribution in [3.63, 3.8) is 0 Å². The van der Waals surface area contributed by atoms with Crippen molar-refractivity contribution < 1.29 is 22.7 Å². The molecule has 3 aromatic rings. The molecule has 0 heterocycles. The summed E-state index contributed by atoms with van der Waals surface area (Å²) < 4.78 is 34.3. The van der Waals surface area contributed by atoms with Gasteiger partial charge in [-0.3, -0.25) is 13.9 Å². The van der Waals surface area contributed by atoms with Crippen molar-refractivity contribution in [3.8, 4) is 5.75 Å². The van der Waals surface area contributed by atoms with E-state index in [1.165, 1.54) is 24.1 Å². The van der Waals surface area contributed by atoms with E-state index in [1.807, 2.05) is 6.92 Å². The number of anilines is 1. The number of nitrogens with zero attached hydrogens (tertiary/aromatic N) is 2. The molecule has 4 rings (SSSR count). The number of nitrogens with one attached hydrogen (secondary N) is 1. The Morgan fingerprint density at radius 2 is 1.70 bits per heavy atom. The number of benzene rings is 3. The maximum atomic E-state index is 14.3. The Balaban J connectivity index is 1.73. The first-order valence-electron chi connectivity index (χ1n) is 14.4. The lowest BCUT2D eigenvalue weighted by molar-refractivity contribution is -0.140. The monoisotopic (exact) mass is 645 g/mol. The number of carbonyl (C=O) groups is 2. The molecule has 43 heavy (non-hydrogen) atoms. The van der Waals surface area contributed by atoms with Crippen molar-refractivity contribution in [2.24, 2.45) is 0 Å². The lowest BCUT2D eigenvalue weighted by Crippen LogP contribution is -2.54. The normalized spacial score (nSPS) is 14.5. The molecule has 8 nitrogen and oxygen atoms in total. The van der Waals surface area contributed by atoms with Gasteiger partial charge in [0, 0.05) is 28.7 Å². The largest absolute Gasteiger partial charge is 0.497 e. The minimum absolute atomic E-state index is 0.0111. The van der Waals surface area contributed by atoms with E-state index < -0.39 is 28.5 Å². The first-order valence-corrected chi connectivity index (χ1v) is 16.6. The van der Waals surface area contributed by atoms with Gasteiger partial charge in [-0.2, -0.15) is 0 Å². The summed E-state index contributed by atoms with van der Waals surface area (Å²) in [4.78, 5) is 29.4. The summed E-state index contributed by atoms with van der Waals surface area (Å²) in [6.45, 7) is 1.26. The second kappa shape index (κ2) is 14.9. The minimum atomic E-state index is -4.18. The topological polar surface area (TPSA) is 96.0 Å². The van der Waals surface area contributed by atoms with Crippen LogP contribution in [-0.2, 0) is 26.2 Å². The molecular weight excluding hydrogens is 609 g/mol. The van der Waals surface area contributed by atoms with E-state index in [1.54, 1.807) is 60.7 Å². The fourth-order valence-corrected chi connectivity index (χ4v) is 7.21. The molecule has 2 amide bonds. The van der Waals surface area contributed by atoms with Gasteiger partial charge >= 0.3 is 0 Å². The van der Waals surface area contributed by atoms with Crippen LogP contribution in [0.5, 0.6) is 5.75 Å². The summed E-state index contributed by atoms with van der Waals surface area (Å²) in [5, 5.41) is 3.91. The van der Waals surface area contributed by atoms with Gasteiger partial charge < -0.3 is 15.0 Å². The summed E-state index contributed by atoms with van der Waals surface area (Å²) in [6.07, 6.45) is 5.31. The Hall–Kier alpha value is -3.27. The zero-order valence-electron chi connectivity index (χ0n) is 24.3. The molecule has 1 N–H and O–H groups in total. The second-order valence-corrected chi connectivity index (χ2v) is 13.3. The van der Waals surface area contributed by atoms with Crippen LogP contribution in [0.2, 0.25) is 10.0 Å². The van der Waals surface area contributed by atoms with Crippen molar-refractivity contribution in [2.45, 2.75) is 69.0 Å². The molecule has 0 spiro atoms. The van der Waals surface area contributed by atoms with Gasteiger partial charge in [-0.1, -0.05) is 79.7 Å². The van der Waals surface area contributed by atoms with Gasteiger partial charge in [-0.05, 0) is 61.2 Å². The molecule has 0 aromatic heterocycles. The molecule has 1 fully saturated rings. The molecule has 0 radical (unpaired) electrons. The molecule has 0 bridgehead atoms. The third kappa shape index (κ3) is 8.22. The number of amides is 2. The number of ether oxygens (including phenoxy) is 1. The van der Waals surface area contributed by atoms with Crippen LogP contribution >= 0.6 is 23.2 Å². The molecular formula is C32H37Cl2N3O5S. The Bertz CT molecular complexity index is 1510. The molecule has 1 aliphatic rings. The Morgan fingerprint density at radius 1 is 0.977 bits per heavy atom. The van der Waals surface area contributed by atoms with Crippen molar-refractivity contribution in [3.05, 3.63) is 88.4 Å². The highest BCUT2D eigenvalue weighted by atomic mass is 35.5. The predicted molar refractivity (Wildman–Crippen MR) is 170 cm³/mol. The molecule has 230 valence electrons. The van der Waals surface area contributed by atoms with Crippen LogP contribution in [0, 0.1) is 0 Å². The molecule has 1 saturated carbocycles. The highest BCUT2D eigenvalue weighted by molar-refractivity contribution is 7.92. The van der Waals surface area contributed by atoms with Gasteiger partial charge in [0.1, 0.15) is 18.3 Å². The van der Waals surface area contributed by atoms with Gasteiger partial charge in [-0.25, -0.2) is 8.42 Å². The van der Waals surface area contributed by atoms with Crippen molar-refractivity contribution in [1.82, 2.24) is 10.2 Å². The Kier molecular flexibility index (Phi) is 11.3. The van der Waals surface area contributed by atoms with Gasteiger partial charge in [0.05, 0.1) is 17.7 Å². The maximum absolute atomic E-state index is 14.3. The van der Waals surface area contributed by atoms with Crippen LogP contribution in [0.25, 0.3) is 0 Å². The minimum Gasteiger partial charge on any atom is -0.497 e. The fourth-order valence-electron chi connectivity index (χ4n) is 5.31. The van der Waals surface area contributed by atoms with E-state index in [9.17, 15) is 18.0 Å². The van der Waals surface area contributed by atoms with Crippen LogP contribution in [-0.4, -0.2) is 50.9 Å². The molecule has 1 aliphatic carbocycles. The lowest BCUT2D eigenvalue weighted by Gasteiger charge is -2.34. The standard InChI is InChI=1S/C32H37Cl2N3O5S/c1-3-30(32(39)35-25-11-6-4-7-12-25)36(21-23-17-18-24(33)19-29(23)34)31(38)22-37(26-13-10-14-27(20-26)42-2)43(40,41)28-15-8-5-9-16-28/h5,8-10,13-20,25,30H,3-4,6-7,11-12,21-22H2,1-2H3,(H,35,39)/t30-/m1/s1. The molecule has 0 unspecified atom stereocenters. The van der Waals surface area contributed by atoms with Crippen LogP contribution in [0.1, 0.15) is 51.0 Å². The number of rotatable bonds is 12. The van der Waals surface area contributed by atoms with E-state index in [2.05, 4.69) is 5.32 Å². The second-order valence-electron chi connectivity index (χ2n) is 10.6. The third-order valence-electron chi connectivity index (χ3n) is 7.64. The quantitative estimate of drug-likeness (QED) is 0.244. The molecule has 0 saturated heterocycles. The van der Waals surface area contributed by atoms with Crippen molar-refractivity contribution in [1.29, 1.82) is 0 Å². The van der Waals surface area contributed by atoms with Crippen LogP contribution in [0.4, 0.5) is 5.69 Å². The Labute approximate surface area is 264 Å². The fraction of sp³-hybridized carbons (Fsp3) is 0.375. The molecule has 11 heteroatoms. The predicted octanol–water partition coefficient (Wildman–Crippen LogP) is 6.45. The summed E-state index contributed by atoms with van der Waals surface area (Å²) in [7, 11) is -2.70. The molecule has 3 aromatic carbocycles. The van der Waals surface area contributed by atoms with E-state index in [-0.39, 0.29) is 29.1 Å². The summed E-state index contributed by atoms with van der Waals surface area (Å²) in [5.74, 6) is -0.396. The molecule has 0 aliphatic heterocycles. The van der Waals surface area contributed by atoms with Crippen LogP contribution in [0.15, 0.2) is 77.7 Å². The number of sulfonamides is 1. The van der Waals surface area contributed by atoms with Gasteiger partial charge in [0.15, 0.2) is 0 Å². The third-order valence-corrected chi connectivity index (χ3v) is 10.0. The number of carbonyl (C=O) groups excluding carboxylic acids is 2. The van der Waals surface area contributed by atoms with Gasteiger partial charge in [0.25, 0.3) is 10.0 Å². The number of halogens is 2. The highest BCUT2D eigenvalue weighted by Gasteiger charge is 2.34. The van der Waals surface area contributed by atoms with E-state index in [0.717, 1.165) is 36.4 Å². The molecule has 1 atom stereocenters. The van der Waals surface area contributed by atoms with E-state index in [0.29, 0.717) is 27.8 Å². The van der Waals surface area contributed by atoms with Gasteiger partial charge in [-0.15, -0.1) is 0 Å². The average Bonchev–Trinajstić information content (AvgIpc) is 3.01. The first-order chi connectivity index (χ1) is 20.6. The lowest BCUT2D eigenvalue weighted by atomic mass is 9.95. The van der Waals surface area contributed by atoms with Crippen LogP contribution < -0.4 is 14.4 Å². The zero-order valence-corrected chi connectivity index (χ0v) is 26.7. The maximum Gasteiger partial charge on any atom is 0.264 e. The van der Waals surface area contributed by atoms with Crippen molar-refractivity contribution >= 4 is 50.7 Å². The number of hydrogen-bond acceptors (Lipinski definition) is 5. The van der Waals surface area contributed by atoms with Gasteiger partial charge in [0.2, 0.25) is 11.8 Å². The number of methoxy groups -OCH3 is 1. The van der Waals surface area contributed by atoms with Crippen LogP contribution in [0.3, 0.4) is 0 Å².